The number of carbonyl (C=O) groups excluding carboxylic acids is 2. The molecule has 4 nitrogen and oxygen atoms in total. The van der Waals surface area contributed by atoms with E-state index in [1.54, 1.807) is 24.3 Å². The van der Waals surface area contributed by atoms with Crippen LogP contribution in [0.3, 0.4) is 0 Å². The second-order valence-corrected chi connectivity index (χ2v) is 5.76. The molecular weight excluding hydrogens is 302 g/mol. The Morgan fingerprint density at radius 2 is 1.83 bits per heavy atom. The van der Waals surface area contributed by atoms with Crippen molar-refractivity contribution >= 4 is 11.7 Å². The molecular formula is C20H23NO3. The molecule has 4 heteroatoms. The maximum absolute atomic E-state index is 12.0. The molecule has 0 saturated heterocycles. The SMILES string of the molecule is CCc1ccc([C@H](C)NC(=O)COc2cccc(C(C)=O)c2)cc1. The lowest BCUT2D eigenvalue weighted by atomic mass is 10.1. The minimum Gasteiger partial charge on any atom is -0.484 e. The van der Waals surface area contributed by atoms with Gasteiger partial charge < -0.3 is 10.1 Å². The van der Waals surface area contributed by atoms with E-state index in [0.717, 1.165) is 12.0 Å². The van der Waals surface area contributed by atoms with Gasteiger partial charge in [-0.15, -0.1) is 0 Å². The maximum atomic E-state index is 12.0. The van der Waals surface area contributed by atoms with E-state index < -0.39 is 0 Å². The van der Waals surface area contributed by atoms with Gasteiger partial charge in [-0.3, -0.25) is 9.59 Å². The van der Waals surface area contributed by atoms with Crippen LogP contribution in [0.2, 0.25) is 0 Å². The summed E-state index contributed by atoms with van der Waals surface area (Å²) in [7, 11) is 0. The molecule has 0 spiro atoms. The number of amides is 1. The fraction of sp³-hybridized carbons (Fsp3) is 0.300. The summed E-state index contributed by atoms with van der Waals surface area (Å²) in [4.78, 5) is 23.4. The average molecular weight is 325 g/mol. The van der Waals surface area contributed by atoms with Gasteiger partial charge in [0.25, 0.3) is 5.91 Å². The molecule has 1 N–H and O–H groups in total. The largest absolute Gasteiger partial charge is 0.484 e. The number of nitrogens with one attached hydrogen (secondary N) is 1. The molecule has 0 aliphatic rings. The second kappa shape index (κ2) is 8.29. The zero-order valence-corrected chi connectivity index (χ0v) is 14.3. The van der Waals surface area contributed by atoms with Gasteiger partial charge in [-0.2, -0.15) is 0 Å². The molecule has 24 heavy (non-hydrogen) atoms. The third-order valence-electron chi connectivity index (χ3n) is 3.88. The van der Waals surface area contributed by atoms with Crippen LogP contribution >= 0.6 is 0 Å². The molecule has 0 radical (unpaired) electrons. The van der Waals surface area contributed by atoms with Crippen LogP contribution < -0.4 is 10.1 Å². The Labute approximate surface area is 142 Å². The summed E-state index contributed by atoms with van der Waals surface area (Å²) in [6, 6.07) is 14.9. The van der Waals surface area contributed by atoms with Gasteiger partial charge in [-0.05, 0) is 43.5 Å². The number of ketones is 1. The summed E-state index contributed by atoms with van der Waals surface area (Å²) in [6.45, 7) is 5.46. The Morgan fingerprint density at radius 3 is 2.46 bits per heavy atom. The van der Waals surface area contributed by atoms with Crippen LogP contribution in [0, 0.1) is 0 Å². The predicted molar refractivity (Wildman–Crippen MR) is 94.3 cm³/mol. The fourth-order valence-electron chi connectivity index (χ4n) is 2.36. The number of Topliss-reactive ketones (excluding diaryl/α,β-unsaturated/α-hetero) is 1. The summed E-state index contributed by atoms with van der Waals surface area (Å²) in [5.41, 5.74) is 2.89. The highest BCUT2D eigenvalue weighted by molar-refractivity contribution is 5.94. The van der Waals surface area contributed by atoms with Crippen LogP contribution in [0.15, 0.2) is 48.5 Å². The van der Waals surface area contributed by atoms with Crippen molar-refractivity contribution in [2.75, 3.05) is 6.61 Å². The highest BCUT2D eigenvalue weighted by Gasteiger charge is 2.10. The molecule has 0 aromatic heterocycles. The molecule has 2 aromatic carbocycles. The molecule has 0 unspecified atom stereocenters. The van der Waals surface area contributed by atoms with Crippen LogP contribution in [-0.2, 0) is 11.2 Å². The van der Waals surface area contributed by atoms with E-state index >= 15 is 0 Å². The number of hydrogen-bond acceptors (Lipinski definition) is 3. The second-order valence-electron chi connectivity index (χ2n) is 5.76. The smallest absolute Gasteiger partial charge is 0.258 e. The lowest BCUT2D eigenvalue weighted by molar-refractivity contribution is -0.123. The van der Waals surface area contributed by atoms with Crippen molar-refractivity contribution in [3.63, 3.8) is 0 Å². The van der Waals surface area contributed by atoms with Crippen molar-refractivity contribution in [1.82, 2.24) is 5.32 Å². The molecule has 0 heterocycles. The first-order valence-electron chi connectivity index (χ1n) is 8.11. The number of carbonyl (C=O) groups is 2. The number of ether oxygens (including phenoxy) is 1. The van der Waals surface area contributed by atoms with Gasteiger partial charge in [0.2, 0.25) is 0 Å². The van der Waals surface area contributed by atoms with Crippen molar-refractivity contribution in [2.45, 2.75) is 33.2 Å². The van der Waals surface area contributed by atoms with Crippen molar-refractivity contribution in [3.8, 4) is 5.75 Å². The van der Waals surface area contributed by atoms with Gasteiger partial charge in [0.15, 0.2) is 12.4 Å². The van der Waals surface area contributed by atoms with Crippen LogP contribution in [0.4, 0.5) is 0 Å². The fourth-order valence-corrected chi connectivity index (χ4v) is 2.36. The standard InChI is InChI=1S/C20H23NO3/c1-4-16-8-10-17(11-9-16)14(2)21-20(23)13-24-19-7-5-6-18(12-19)15(3)22/h5-12,14H,4,13H2,1-3H3,(H,21,23)/t14-/m0/s1. The molecule has 0 aliphatic heterocycles. The molecule has 2 rings (SSSR count). The lowest BCUT2D eigenvalue weighted by Crippen LogP contribution is -2.31. The van der Waals surface area contributed by atoms with Crippen LogP contribution in [0.1, 0.15) is 48.3 Å². The molecule has 0 aliphatic carbocycles. The minimum absolute atomic E-state index is 0.0333. The van der Waals surface area contributed by atoms with E-state index in [0.29, 0.717) is 11.3 Å². The maximum Gasteiger partial charge on any atom is 0.258 e. The van der Waals surface area contributed by atoms with E-state index in [2.05, 4.69) is 24.4 Å². The van der Waals surface area contributed by atoms with Crippen molar-refractivity contribution in [1.29, 1.82) is 0 Å². The number of rotatable bonds is 7. The summed E-state index contributed by atoms with van der Waals surface area (Å²) in [5, 5.41) is 2.91. The zero-order valence-electron chi connectivity index (χ0n) is 14.3. The van der Waals surface area contributed by atoms with Gasteiger partial charge in [0, 0.05) is 5.56 Å². The predicted octanol–water partition coefficient (Wildman–Crippen LogP) is 3.71. The first-order valence-corrected chi connectivity index (χ1v) is 8.11. The summed E-state index contributed by atoms with van der Waals surface area (Å²) >= 11 is 0. The monoisotopic (exact) mass is 325 g/mol. The Hall–Kier alpha value is -2.62. The van der Waals surface area contributed by atoms with Gasteiger partial charge in [0.05, 0.1) is 6.04 Å². The van der Waals surface area contributed by atoms with E-state index in [4.69, 9.17) is 4.74 Å². The Bertz CT molecular complexity index is 707. The number of hydrogen-bond donors (Lipinski definition) is 1. The highest BCUT2D eigenvalue weighted by atomic mass is 16.5. The van der Waals surface area contributed by atoms with Gasteiger partial charge in [-0.25, -0.2) is 0 Å². The highest BCUT2D eigenvalue weighted by Crippen LogP contribution is 2.15. The molecule has 0 bridgehead atoms. The van der Waals surface area contributed by atoms with Crippen molar-refractivity contribution in [2.24, 2.45) is 0 Å². The summed E-state index contributed by atoms with van der Waals surface area (Å²) in [6.07, 6.45) is 0.994. The Balaban J connectivity index is 1.88. The van der Waals surface area contributed by atoms with Gasteiger partial charge >= 0.3 is 0 Å². The van der Waals surface area contributed by atoms with Crippen LogP contribution in [-0.4, -0.2) is 18.3 Å². The summed E-state index contributed by atoms with van der Waals surface area (Å²) < 4.78 is 5.47. The molecule has 1 amide bonds. The van der Waals surface area contributed by atoms with E-state index in [1.165, 1.54) is 12.5 Å². The first kappa shape index (κ1) is 17.7. The number of benzene rings is 2. The molecule has 1 atom stereocenters. The molecule has 2 aromatic rings. The van der Waals surface area contributed by atoms with Crippen molar-refractivity contribution < 1.29 is 14.3 Å². The minimum atomic E-state index is -0.199. The van der Waals surface area contributed by atoms with E-state index in [1.807, 2.05) is 19.1 Å². The zero-order chi connectivity index (χ0) is 17.5. The van der Waals surface area contributed by atoms with E-state index in [-0.39, 0.29) is 24.3 Å². The van der Waals surface area contributed by atoms with Gasteiger partial charge in [-0.1, -0.05) is 43.3 Å². The quantitative estimate of drug-likeness (QED) is 0.790. The third-order valence-corrected chi connectivity index (χ3v) is 3.88. The average Bonchev–Trinajstić information content (AvgIpc) is 2.60. The normalized spacial score (nSPS) is 11.6. The summed E-state index contributed by atoms with van der Waals surface area (Å²) in [5.74, 6) is 0.280. The Morgan fingerprint density at radius 1 is 1.12 bits per heavy atom. The Kier molecular flexibility index (Phi) is 6.13. The van der Waals surface area contributed by atoms with Crippen LogP contribution in [0.5, 0.6) is 5.75 Å². The lowest BCUT2D eigenvalue weighted by Gasteiger charge is -2.15. The van der Waals surface area contributed by atoms with Gasteiger partial charge in [0.1, 0.15) is 5.75 Å². The third kappa shape index (κ3) is 4.95. The first-order chi connectivity index (χ1) is 11.5. The molecule has 0 saturated carbocycles. The molecule has 0 fully saturated rings. The number of aryl methyl sites for hydroxylation is 1. The topological polar surface area (TPSA) is 55.4 Å². The van der Waals surface area contributed by atoms with Crippen molar-refractivity contribution in [3.05, 3.63) is 65.2 Å². The molecule has 126 valence electrons. The van der Waals surface area contributed by atoms with E-state index in [9.17, 15) is 9.59 Å². The van der Waals surface area contributed by atoms with Crippen LogP contribution in [0.25, 0.3) is 0 Å².